The van der Waals surface area contributed by atoms with E-state index in [9.17, 15) is 0 Å². The Morgan fingerprint density at radius 2 is 2.00 bits per heavy atom. The van der Waals surface area contributed by atoms with Crippen molar-refractivity contribution in [2.75, 3.05) is 0 Å². The first kappa shape index (κ1) is 10.00. The minimum Gasteiger partial charge on any atom is -0.325 e. The zero-order valence-corrected chi connectivity index (χ0v) is 9.83. The topological polar surface area (TPSA) is 38.9 Å². The molecule has 0 spiro atoms. The number of nitrogens with zero attached hydrogens (tertiary/aromatic N) is 1. The Labute approximate surface area is 99.1 Å². The van der Waals surface area contributed by atoms with E-state index >= 15 is 0 Å². The van der Waals surface area contributed by atoms with Crippen molar-refractivity contribution in [3.05, 3.63) is 40.9 Å². The van der Waals surface area contributed by atoms with Crippen LogP contribution < -0.4 is 5.73 Å². The summed E-state index contributed by atoms with van der Waals surface area (Å²) in [6, 6.07) is 8.81. The fourth-order valence-electron chi connectivity index (χ4n) is 1.85. The fourth-order valence-corrected chi connectivity index (χ4v) is 2.69. The average Bonchev–Trinajstić information content (AvgIpc) is 3.07. The summed E-state index contributed by atoms with van der Waals surface area (Å²) < 4.78 is 0. The summed E-state index contributed by atoms with van der Waals surface area (Å²) in [6.45, 7) is 0.524. The van der Waals surface area contributed by atoms with E-state index in [1.165, 1.54) is 24.0 Å². The van der Waals surface area contributed by atoms with Gasteiger partial charge in [-0.05, 0) is 24.3 Å². The highest BCUT2D eigenvalue weighted by Gasteiger charge is 2.23. The number of hydrogen-bond acceptors (Lipinski definition) is 3. The van der Waals surface area contributed by atoms with Crippen LogP contribution >= 0.6 is 11.3 Å². The van der Waals surface area contributed by atoms with Gasteiger partial charge in [-0.2, -0.15) is 0 Å². The Morgan fingerprint density at radius 1 is 1.25 bits per heavy atom. The number of rotatable bonds is 3. The number of thiazole rings is 1. The molecule has 1 heterocycles. The maximum atomic E-state index is 5.56. The molecule has 2 N–H and O–H groups in total. The molecule has 0 saturated heterocycles. The molecule has 0 atom stereocenters. The van der Waals surface area contributed by atoms with Crippen LogP contribution in [0.2, 0.25) is 0 Å². The van der Waals surface area contributed by atoms with Crippen molar-refractivity contribution >= 4 is 11.3 Å². The second-order valence-electron chi connectivity index (χ2n) is 4.24. The molecule has 0 radical (unpaired) electrons. The van der Waals surface area contributed by atoms with Crippen LogP contribution in [0, 0.1) is 0 Å². The van der Waals surface area contributed by atoms with E-state index in [4.69, 9.17) is 5.73 Å². The third-order valence-corrected chi connectivity index (χ3v) is 3.91. The lowest BCUT2D eigenvalue weighted by Crippen LogP contribution is -1.95. The number of nitrogens with two attached hydrogens (primary N) is 1. The molecule has 0 bridgehead atoms. The first-order chi connectivity index (χ1) is 7.86. The van der Waals surface area contributed by atoms with Crippen molar-refractivity contribution in [1.29, 1.82) is 0 Å². The fraction of sp³-hybridized carbons (Fsp3) is 0.308. The predicted octanol–water partition coefficient (Wildman–Crippen LogP) is 3.15. The third kappa shape index (κ3) is 1.88. The minimum atomic E-state index is 0.524. The predicted molar refractivity (Wildman–Crippen MR) is 67.4 cm³/mol. The summed E-state index contributed by atoms with van der Waals surface area (Å²) >= 11 is 1.67. The Hall–Kier alpha value is -1.19. The highest BCUT2D eigenvalue weighted by molar-refractivity contribution is 7.13. The van der Waals surface area contributed by atoms with Crippen LogP contribution in [0.15, 0.2) is 29.6 Å². The van der Waals surface area contributed by atoms with Gasteiger partial charge in [0.2, 0.25) is 0 Å². The van der Waals surface area contributed by atoms with E-state index in [0.717, 1.165) is 16.6 Å². The molecular weight excluding hydrogens is 216 g/mol. The zero-order valence-electron chi connectivity index (χ0n) is 9.02. The van der Waals surface area contributed by atoms with E-state index in [1.54, 1.807) is 11.3 Å². The molecule has 0 aliphatic heterocycles. The molecule has 2 aromatic rings. The molecule has 1 aliphatic rings. The van der Waals surface area contributed by atoms with E-state index in [0.29, 0.717) is 6.54 Å². The van der Waals surface area contributed by atoms with Crippen LogP contribution in [-0.4, -0.2) is 4.98 Å². The normalized spacial score (nSPS) is 15.3. The highest BCUT2D eigenvalue weighted by Crippen LogP contribution is 2.40. The van der Waals surface area contributed by atoms with Gasteiger partial charge in [-0.3, -0.25) is 0 Å². The van der Waals surface area contributed by atoms with Crippen LogP contribution in [-0.2, 0) is 6.54 Å². The van der Waals surface area contributed by atoms with Crippen molar-refractivity contribution in [2.24, 2.45) is 5.73 Å². The molecular formula is C13H14N2S. The van der Waals surface area contributed by atoms with Gasteiger partial charge < -0.3 is 5.73 Å². The smallest absolute Gasteiger partial charge is 0.123 e. The Balaban J connectivity index is 1.87. The average molecular weight is 230 g/mol. The van der Waals surface area contributed by atoms with E-state index < -0.39 is 0 Å². The van der Waals surface area contributed by atoms with Crippen molar-refractivity contribution in [3.63, 3.8) is 0 Å². The maximum absolute atomic E-state index is 5.56. The van der Waals surface area contributed by atoms with Gasteiger partial charge in [-0.1, -0.05) is 24.3 Å². The Bertz CT molecular complexity index is 483. The Kier molecular flexibility index (Phi) is 2.50. The molecule has 3 rings (SSSR count). The maximum Gasteiger partial charge on any atom is 0.123 e. The summed E-state index contributed by atoms with van der Waals surface area (Å²) in [4.78, 5) is 4.48. The van der Waals surface area contributed by atoms with E-state index in [-0.39, 0.29) is 0 Å². The van der Waals surface area contributed by atoms with E-state index in [2.05, 4.69) is 29.2 Å². The molecule has 1 aliphatic carbocycles. The lowest BCUT2D eigenvalue weighted by atomic mass is 10.1. The van der Waals surface area contributed by atoms with Gasteiger partial charge in [-0.25, -0.2) is 4.98 Å². The second kappa shape index (κ2) is 4.00. The summed E-state index contributed by atoms with van der Waals surface area (Å²) in [6.07, 6.45) is 2.71. The number of aromatic nitrogens is 1. The zero-order chi connectivity index (χ0) is 11.0. The van der Waals surface area contributed by atoms with E-state index in [1.807, 2.05) is 5.38 Å². The van der Waals surface area contributed by atoms with Crippen LogP contribution in [0.5, 0.6) is 0 Å². The largest absolute Gasteiger partial charge is 0.325 e. The molecule has 3 heteroatoms. The van der Waals surface area contributed by atoms with Crippen molar-refractivity contribution < 1.29 is 0 Å². The molecule has 16 heavy (non-hydrogen) atoms. The van der Waals surface area contributed by atoms with Crippen molar-refractivity contribution in [1.82, 2.24) is 4.98 Å². The minimum absolute atomic E-state index is 0.524. The summed E-state index contributed by atoms with van der Waals surface area (Å²) in [5, 5.41) is 3.10. The van der Waals surface area contributed by atoms with Gasteiger partial charge in [0.1, 0.15) is 5.01 Å². The molecule has 0 amide bonds. The molecule has 1 fully saturated rings. The van der Waals surface area contributed by atoms with Crippen LogP contribution in [0.25, 0.3) is 10.6 Å². The third-order valence-electron chi connectivity index (χ3n) is 2.97. The van der Waals surface area contributed by atoms with Crippen molar-refractivity contribution in [2.45, 2.75) is 25.3 Å². The molecule has 1 aromatic carbocycles. The lowest BCUT2D eigenvalue weighted by molar-refractivity contribution is 1.01. The van der Waals surface area contributed by atoms with Crippen molar-refractivity contribution in [3.8, 4) is 10.6 Å². The van der Waals surface area contributed by atoms with Crippen LogP contribution in [0.4, 0.5) is 0 Å². The van der Waals surface area contributed by atoms with Gasteiger partial charge in [0.25, 0.3) is 0 Å². The highest BCUT2D eigenvalue weighted by atomic mass is 32.1. The molecule has 1 saturated carbocycles. The second-order valence-corrected chi connectivity index (χ2v) is 5.10. The lowest BCUT2D eigenvalue weighted by Gasteiger charge is -1.99. The number of benzene rings is 1. The van der Waals surface area contributed by atoms with Gasteiger partial charge in [-0.15, -0.1) is 11.3 Å². The molecule has 0 unspecified atom stereocenters. The summed E-state index contributed by atoms with van der Waals surface area (Å²) in [7, 11) is 0. The molecule has 82 valence electrons. The monoisotopic (exact) mass is 230 g/mol. The van der Waals surface area contributed by atoms with Crippen LogP contribution in [0.3, 0.4) is 0 Å². The quantitative estimate of drug-likeness (QED) is 0.879. The van der Waals surface area contributed by atoms with Gasteiger partial charge in [0.05, 0.1) is 5.69 Å². The first-order valence-electron chi connectivity index (χ1n) is 5.61. The summed E-state index contributed by atoms with van der Waals surface area (Å²) in [5.74, 6) is 0.824. The Morgan fingerprint density at radius 3 is 2.56 bits per heavy atom. The summed E-state index contributed by atoms with van der Waals surface area (Å²) in [5.41, 5.74) is 9.21. The van der Waals surface area contributed by atoms with Gasteiger partial charge >= 0.3 is 0 Å². The van der Waals surface area contributed by atoms with Gasteiger partial charge in [0, 0.05) is 17.5 Å². The molecule has 2 nitrogen and oxygen atoms in total. The first-order valence-corrected chi connectivity index (χ1v) is 6.49. The molecule has 1 aromatic heterocycles. The van der Waals surface area contributed by atoms with Gasteiger partial charge in [0.15, 0.2) is 0 Å². The van der Waals surface area contributed by atoms with Crippen LogP contribution in [0.1, 0.15) is 30.0 Å². The standard InChI is InChI=1S/C13H14N2S/c14-7-12-8-16-13(15-12)11-5-3-10(4-6-11)9-1-2-9/h3-6,8-9H,1-2,7,14H2. The number of hydrogen-bond donors (Lipinski definition) is 1. The SMILES string of the molecule is NCc1csc(-c2ccc(C3CC3)cc2)n1.